The number of hydrogen-bond acceptors (Lipinski definition) is 3. The van der Waals surface area contributed by atoms with E-state index in [1.165, 1.54) is 0 Å². The third-order valence-corrected chi connectivity index (χ3v) is 1.74. The van der Waals surface area contributed by atoms with Crippen molar-refractivity contribution in [2.24, 2.45) is 0 Å². The summed E-state index contributed by atoms with van der Waals surface area (Å²) < 4.78 is 5.49. The monoisotopic (exact) mass is 230 g/mol. The van der Waals surface area contributed by atoms with Crippen molar-refractivity contribution >= 4 is 5.91 Å². The molecule has 4 nitrogen and oxygen atoms in total. The van der Waals surface area contributed by atoms with Gasteiger partial charge in [-0.05, 0) is 41.5 Å². The summed E-state index contributed by atoms with van der Waals surface area (Å²) in [5, 5.41) is 5.93. The number of hydrogen-bond donors (Lipinski definition) is 2. The predicted molar refractivity (Wildman–Crippen MR) is 66.5 cm³/mol. The van der Waals surface area contributed by atoms with Crippen molar-refractivity contribution in [2.45, 2.75) is 52.7 Å². The van der Waals surface area contributed by atoms with Crippen LogP contribution in [0, 0.1) is 0 Å². The first-order valence-electron chi connectivity index (χ1n) is 5.76. The summed E-state index contributed by atoms with van der Waals surface area (Å²) in [4.78, 5) is 11.4. The Bertz CT molecular complexity index is 214. The molecule has 96 valence electrons. The highest BCUT2D eigenvalue weighted by Gasteiger charge is 2.12. The Morgan fingerprint density at radius 3 is 2.12 bits per heavy atom. The van der Waals surface area contributed by atoms with E-state index < -0.39 is 0 Å². The van der Waals surface area contributed by atoms with Gasteiger partial charge in [0.25, 0.3) is 0 Å². The van der Waals surface area contributed by atoms with Crippen LogP contribution in [-0.4, -0.2) is 36.7 Å². The van der Waals surface area contributed by atoms with E-state index in [4.69, 9.17) is 4.74 Å². The van der Waals surface area contributed by atoms with Crippen molar-refractivity contribution in [3.63, 3.8) is 0 Å². The SMILES string of the molecule is CC(C)(C)NCC(=O)NCCOC(C)(C)C. The lowest BCUT2D eigenvalue weighted by Crippen LogP contribution is -2.44. The molecule has 0 saturated heterocycles. The van der Waals surface area contributed by atoms with Crippen molar-refractivity contribution in [3.8, 4) is 0 Å². The van der Waals surface area contributed by atoms with E-state index in [0.29, 0.717) is 19.7 Å². The van der Waals surface area contributed by atoms with Crippen molar-refractivity contribution in [1.29, 1.82) is 0 Å². The van der Waals surface area contributed by atoms with E-state index in [0.717, 1.165) is 0 Å². The highest BCUT2D eigenvalue weighted by molar-refractivity contribution is 5.78. The molecule has 0 saturated carbocycles. The number of amides is 1. The van der Waals surface area contributed by atoms with E-state index in [-0.39, 0.29) is 17.0 Å². The highest BCUT2D eigenvalue weighted by atomic mass is 16.5. The van der Waals surface area contributed by atoms with E-state index in [2.05, 4.69) is 10.6 Å². The molecule has 2 N–H and O–H groups in total. The molecule has 0 aliphatic heterocycles. The smallest absolute Gasteiger partial charge is 0.234 e. The Morgan fingerprint density at radius 2 is 1.69 bits per heavy atom. The zero-order valence-electron chi connectivity index (χ0n) is 11.4. The first-order chi connectivity index (χ1) is 7.10. The Hall–Kier alpha value is -0.610. The van der Waals surface area contributed by atoms with Gasteiger partial charge in [-0.3, -0.25) is 4.79 Å². The molecule has 0 aromatic rings. The highest BCUT2D eigenvalue weighted by Crippen LogP contribution is 2.04. The number of carbonyl (C=O) groups is 1. The third-order valence-electron chi connectivity index (χ3n) is 1.74. The second kappa shape index (κ2) is 6.21. The van der Waals surface area contributed by atoms with Crippen molar-refractivity contribution in [2.75, 3.05) is 19.7 Å². The minimum absolute atomic E-state index is 0.00688. The Kier molecular flexibility index (Phi) is 5.97. The summed E-state index contributed by atoms with van der Waals surface area (Å²) in [6.07, 6.45) is 0. The average molecular weight is 230 g/mol. The van der Waals surface area contributed by atoms with Gasteiger partial charge < -0.3 is 15.4 Å². The summed E-state index contributed by atoms with van der Waals surface area (Å²) >= 11 is 0. The van der Waals surface area contributed by atoms with Gasteiger partial charge in [-0.2, -0.15) is 0 Å². The van der Waals surface area contributed by atoms with Crippen LogP contribution in [0.25, 0.3) is 0 Å². The summed E-state index contributed by atoms with van der Waals surface area (Å²) in [5.41, 5.74) is -0.173. The first-order valence-corrected chi connectivity index (χ1v) is 5.76. The lowest BCUT2D eigenvalue weighted by molar-refractivity contribution is -0.121. The normalized spacial score (nSPS) is 12.6. The van der Waals surface area contributed by atoms with E-state index in [1.54, 1.807) is 0 Å². The van der Waals surface area contributed by atoms with Gasteiger partial charge in [0.1, 0.15) is 0 Å². The van der Waals surface area contributed by atoms with Crippen LogP contribution in [-0.2, 0) is 9.53 Å². The van der Waals surface area contributed by atoms with Gasteiger partial charge in [0.05, 0.1) is 18.8 Å². The molecule has 0 bridgehead atoms. The third kappa shape index (κ3) is 11.5. The Labute approximate surface area is 99.1 Å². The fraction of sp³-hybridized carbons (Fsp3) is 0.917. The molecule has 16 heavy (non-hydrogen) atoms. The molecule has 4 heteroatoms. The first kappa shape index (κ1) is 15.4. The molecule has 0 aromatic heterocycles. The van der Waals surface area contributed by atoms with E-state index in [1.807, 2.05) is 41.5 Å². The van der Waals surface area contributed by atoms with Gasteiger partial charge in [-0.25, -0.2) is 0 Å². The lowest BCUT2D eigenvalue weighted by Gasteiger charge is -2.21. The maximum Gasteiger partial charge on any atom is 0.234 e. The van der Waals surface area contributed by atoms with Gasteiger partial charge in [0.2, 0.25) is 5.91 Å². The molecule has 0 heterocycles. The zero-order chi connectivity index (χ0) is 12.8. The van der Waals surface area contributed by atoms with E-state index >= 15 is 0 Å². The van der Waals surface area contributed by atoms with Crippen LogP contribution in [0.3, 0.4) is 0 Å². The molecular weight excluding hydrogens is 204 g/mol. The van der Waals surface area contributed by atoms with Crippen LogP contribution in [0.4, 0.5) is 0 Å². The van der Waals surface area contributed by atoms with Crippen molar-refractivity contribution in [1.82, 2.24) is 10.6 Å². The quantitative estimate of drug-likeness (QED) is 0.700. The second-order valence-electron chi connectivity index (χ2n) is 5.91. The Balaban J connectivity index is 3.52. The second-order valence-corrected chi connectivity index (χ2v) is 5.91. The maximum absolute atomic E-state index is 11.4. The standard InChI is InChI=1S/C12H26N2O2/c1-11(2,3)14-9-10(15)13-7-8-16-12(4,5)6/h14H,7-9H2,1-6H3,(H,13,15). The molecular formula is C12H26N2O2. The summed E-state index contributed by atoms with van der Waals surface area (Å²) in [7, 11) is 0. The van der Waals surface area contributed by atoms with Gasteiger partial charge in [-0.1, -0.05) is 0 Å². The average Bonchev–Trinajstić information content (AvgIpc) is 2.06. The largest absolute Gasteiger partial charge is 0.374 e. The molecule has 0 fully saturated rings. The number of carbonyl (C=O) groups excluding carboxylic acids is 1. The molecule has 0 rings (SSSR count). The minimum atomic E-state index is -0.144. The summed E-state index contributed by atoms with van der Waals surface area (Å²) in [6.45, 7) is 13.5. The van der Waals surface area contributed by atoms with Crippen LogP contribution < -0.4 is 10.6 Å². The topological polar surface area (TPSA) is 50.4 Å². The predicted octanol–water partition coefficient (Wildman–Crippen LogP) is 1.31. The summed E-state index contributed by atoms with van der Waals surface area (Å²) in [5.74, 6) is 0.00688. The van der Waals surface area contributed by atoms with Gasteiger partial charge in [-0.15, -0.1) is 0 Å². The van der Waals surface area contributed by atoms with Crippen molar-refractivity contribution in [3.05, 3.63) is 0 Å². The maximum atomic E-state index is 11.4. The fourth-order valence-electron chi connectivity index (χ4n) is 0.956. The molecule has 0 atom stereocenters. The van der Waals surface area contributed by atoms with Crippen LogP contribution in [0.1, 0.15) is 41.5 Å². The van der Waals surface area contributed by atoms with E-state index in [9.17, 15) is 4.79 Å². The molecule has 0 unspecified atom stereocenters. The molecule has 1 amide bonds. The molecule has 0 radical (unpaired) electrons. The molecule has 0 spiro atoms. The van der Waals surface area contributed by atoms with Gasteiger partial charge >= 0.3 is 0 Å². The van der Waals surface area contributed by atoms with Gasteiger partial charge in [0, 0.05) is 12.1 Å². The molecule has 0 aliphatic carbocycles. The number of nitrogens with one attached hydrogen (secondary N) is 2. The molecule has 0 aromatic carbocycles. The van der Waals surface area contributed by atoms with Crippen LogP contribution in [0.2, 0.25) is 0 Å². The zero-order valence-corrected chi connectivity index (χ0v) is 11.4. The lowest BCUT2D eigenvalue weighted by atomic mass is 10.1. The van der Waals surface area contributed by atoms with Crippen molar-refractivity contribution < 1.29 is 9.53 Å². The molecule has 0 aliphatic rings. The Morgan fingerprint density at radius 1 is 1.12 bits per heavy atom. The van der Waals surface area contributed by atoms with Gasteiger partial charge in [0.15, 0.2) is 0 Å². The van der Waals surface area contributed by atoms with Crippen LogP contribution in [0.5, 0.6) is 0 Å². The minimum Gasteiger partial charge on any atom is -0.374 e. The van der Waals surface area contributed by atoms with Crippen LogP contribution >= 0.6 is 0 Å². The number of ether oxygens (including phenoxy) is 1. The number of rotatable bonds is 5. The fourth-order valence-corrected chi connectivity index (χ4v) is 0.956. The van der Waals surface area contributed by atoms with Crippen LogP contribution in [0.15, 0.2) is 0 Å². The summed E-state index contributed by atoms with van der Waals surface area (Å²) in [6, 6.07) is 0.